The molecule has 1 N–H and O–H groups in total. The molecule has 20 heavy (non-hydrogen) atoms. The van der Waals surface area contributed by atoms with E-state index >= 15 is 0 Å². The van der Waals surface area contributed by atoms with Gasteiger partial charge in [0.1, 0.15) is 18.0 Å². The van der Waals surface area contributed by atoms with Crippen LogP contribution in [0.15, 0.2) is 12.4 Å². The van der Waals surface area contributed by atoms with Crippen molar-refractivity contribution in [1.29, 1.82) is 0 Å². The molecule has 3 aliphatic rings. The van der Waals surface area contributed by atoms with Crippen LogP contribution in [0.2, 0.25) is 0 Å². The first-order valence-corrected chi connectivity index (χ1v) is 7.35. The number of ether oxygens (including phenoxy) is 1. The fraction of sp³-hybridized carbons (Fsp3) is 0.714. The third kappa shape index (κ3) is 2.03. The summed E-state index contributed by atoms with van der Waals surface area (Å²) < 4.78 is 5.37. The van der Waals surface area contributed by atoms with Crippen molar-refractivity contribution in [3.05, 3.63) is 12.4 Å². The van der Waals surface area contributed by atoms with Gasteiger partial charge in [0.15, 0.2) is 0 Å². The second-order valence-electron chi connectivity index (χ2n) is 6.09. The minimum absolute atomic E-state index is 0.157. The van der Waals surface area contributed by atoms with E-state index in [-0.39, 0.29) is 11.5 Å². The maximum atomic E-state index is 10.2. The second kappa shape index (κ2) is 4.56. The number of β-amino-alcohol motifs (C(OH)–C–C–N with tert-alkyl or cyclic N) is 1. The van der Waals surface area contributed by atoms with Gasteiger partial charge < -0.3 is 19.6 Å². The summed E-state index contributed by atoms with van der Waals surface area (Å²) in [5, 5.41) is 10.2. The summed E-state index contributed by atoms with van der Waals surface area (Å²) in [5.41, 5.74) is 0.157. The molecule has 0 amide bonds. The first kappa shape index (κ1) is 12.3. The standard InChI is InChI=1S/C14H20N4O2/c19-11-8-18(9-14(11)1-2-14)13-7-12(15-10-16-13)17-3-5-20-6-4-17/h7,10-11,19H,1-6,8-9H2. The molecule has 0 bridgehead atoms. The largest absolute Gasteiger partial charge is 0.391 e. The lowest BCUT2D eigenvalue weighted by Gasteiger charge is -2.28. The van der Waals surface area contributed by atoms with Gasteiger partial charge in [-0.3, -0.25) is 0 Å². The molecule has 6 heteroatoms. The fourth-order valence-electron chi connectivity index (χ4n) is 3.25. The number of hydrogen-bond acceptors (Lipinski definition) is 6. The Hall–Kier alpha value is -1.40. The lowest BCUT2D eigenvalue weighted by atomic mass is 10.0. The van der Waals surface area contributed by atoms with Gasteiger partial charge in [0, 0.05) is 37.7 Å². The number of hydrogen-bond donors (Lipinski definition) is 1. The minimum atomic E-state index is -0.204. The van der Waals surface area contributed by atoms with Crippen LogP contribution in [0.3, 0.4) is 0 Å². The van der Waals surface area contributed by atoms with Crippen LogP contribution in [0.25, 0.3) is 0 Å². The quantitative estimate of drug-likeness (QED) is 0.837. The molecule has 1 saturated carbocycles. The van der Waals surface area contributed by atoms with Crippen molar-refractivity contribution in [3.8, 4) is 0 Å². The highest BCUT2D eigenvalue weighted by Gasteiger charge is 2.54. The molecule has 1 aromatic heterocycles. The molecular formula is C14H20N4O2. The molecule has 1 spiro atoms. The number of aromatic nitrogens is 2. The van der Waals surface area contributed by atoms with Crippen LogP contribution in [0.4, 0.5) is 11.6 Å². The zero-order valence-corrected chi connectivity index (χ0v) is 11.5. The van der Waals surface area contributed by atoms with Crippen molar-refractivity contribution in [1.82, 2.24) is 9.97 Å². The summed E-state index contributed by atoms with van der Waals surface area (Å²) in [7, 11) is 0. The van der Waals surface area contributed by atoms with Crippen molar-refractivity contribution in [3.63, 3.8) is 0 Å². The highest BCUT2D eigenvalue weighted by molar-refractivity contribution is 5.52. The number of aliphatic hydroxyl groups excluding tert-OH is 1. The summed E-state index contributed by atoms with van der Waals surface area (Å²) in [6.45, 7) is 4.88. The lowest BCUT2D eigenvalue weighted by Crippen LogP contribution is -2.37. The van der Waals surface area contributed by atoms with Crippen LogP contribution in [0.1, 0.15) is 12.8 Å². The highest BCUT2D eigenvalue weighted by Crippen LogP contribution is 2.53. The average molecular weight is 276 g/mol. The Morgan fingerprint density at radius 1 is 1.15 bits per heavy atom. The van der Waals surface area contributed by atoms with E-state index in [1.54, 1.807) is 6.33 Å². The van der Waals surface area contributed by atoms with Gasteiger partial charge in [-0.05, 0) is 12.8 Å². The van der Waals surface area contributed by atoms with E-state index in [2.05, 4.69) is 19.8 Å². The highest BCUT2D eigenvalue weighted by atomic mass is 16.5. The maximum Gasteiger partial charge on any atom is 0.134 e. The van der Waals surface area contributed by atoms with E-state index in [1.165, 1.54) is 0 Å². The van der Waals surface area contributed by atoms with Gasteiger partial charge in [-0.2, -0.15) is 0 Å². The molecule has 3 fully saturated rings. The molecule has 1 aromatic rings. The molecule has 1 aliphatic carbocycles. The zero-order valence-electron chi connectivity index (χ0n) is 11.5. The second-order valence-corrected chi connectivity index (χ2v) is 6.09. The predicted molar refractivity (Wildman–Crippen MR) is 75.0 cm³/mol. The molecular weight excluding hydrogens is 256 g/mol. The number of aliphatic hydroxyl groups is 1. The summed E-state index contributed by atoms with van der Waals surface area (Å²) in [6, 6.07) is 2.04. The van der Waals surface area contributed by atoms with Gasteiger partial charge in [0.25, 0.3) is 0 Å². The van der Waals surface area contributed by atoms with E-state index in [9.17, 15) is 5.11 Å². The van der Waals surface area contributed by atoms with Crippen LogP contribution in [0, 0.1) is 5.41 Å². The number of nitrogens with zero attached hydrogens (tertiary/aromatic N) is 4. The maximum absolute atomic E-state index is 10.2. The van der Waals surface area contributed by atoms with Crippen LogP contribution in [-0.2, 0) is 4.74 Å². The summed E-state index contributed by atoms with van der Waals surface area (Å²) >= 11 is 0. The molecule has 3 heterocycles. The van der Waals surface area contributed by atoms with Crippen LogP contribution < -0.4 is 9.80 Å². The monoisotopic (exact) mass is 276 g/mol. The Bertz CT molecular complexity index is 500. The molecule has 4 rings (SSSR count). The van der Waals surface area contributed by atoms with E-state index in [0.717, 1.165) is 57.3 Å². The topological polar surface area (TPSA) is 61.7 Å². The van der Waals surface area contributed by atoms with Gasteiger partial charge >= 0.3 is 0 Å². The minimum Gasteiger partial charge on any atom is -0.391 e. The molecule has 2 saturated heterocycles. The first-order chi connectivity index (χ1) is 9.77. The Morgan fingerprint density at radius 2 is 1.85 bits per heavy atom. The van der Waals surface area contributed by atoms with Gasteiger partial charge in [-0.15, -0.1) is 0 Å². The average Bonchev–Trinajstić information content (AvgIpc) is 3.21. The molecule has 1 unspecified atom stereocenters. The number of morpholine rings is 1. The Morgan fingerprint density at radius 3 is 2.50 bits per heavy atom. The van der Waals surface area contributed by atoms with E-state index in [4.69, 9.17) is 4.74 Å². The third-order valence-corrected chi connectivity index (χ3v) is 4.80. The van der Waals surface area contributed by atoms with Crippen molar-refractivity contribution >= 4 is 11.6 Å². The fourth-order valence-corrected chi connectivity index (χ4v) is 3.25. The van der Waals surface area contributed by atoms with Crippen molar-refractivity contribution in [2.75, 3.05) is 49.2 Å². The third-order valence-electron chi connectivity index (χ3n) is 4.80. The smallest absolute Gasteiger partial charge is 0.134 e. The summed E-state index contributed by atoms with van der Waals surface area (Å²) in [5.74, 6) is 1.90. The van der Waals surface area contributed by atoms with Crippen molar-refractivity contribution < 1.29 is 9.84 Å². The van der Waals surface area contributed by atoms with Gasteiger partial charge in [0.2, 0.25) is 0 Å². The molecule has 1 atom stereocenters. The molecule has 0 aromatic carbocycles. The Labute approximate surface area is 118 Å². The molecule has 0 radical (unpaired) electrons. The normalized spacial score (nSPS) is 28.1. The number of rotatable bonds is 2. The van der Waals surface area contributed by atoms with Gasteiger partial charge in [-0.25, -0.2) is 9.97 Å². The van der Waals surface area contributed by atoms with Crippen molar-refractivity contribution in [2.24, 2.45) is 5.41 Å². The zero-order chi connectivity index (χ0) is 13.6. The Kier molecular flexibility index (Phi) is 2.82. The van der Waals surface area contributed by atoms with E-state index in [0.29, 0.717) is 6.54 Å². The van der Waals surface area contributed by atoms with E-state index < -0.39 is 0 Å². The Balaban J connectivity index is 1.54. The predicted octanol–water partition coefficient (Wildman–Crippen LogP) is 0.274. The van der Waals surface area contributed by atoms with Gasteiger partial charge in [-0.1, -0.05) is 0 Å². The lowest BCUT2D eigenvalue weighted by molar-refractivity contribution is 0.122. The molecule has 108 valence electrons. The van der Waals surface area contributed by atoms with Crippen LogP contribution in [-0.4, -0.2) is 60.6 Å². The van der Waals surface area contributed by atoms with E-state index in [1.807, 2.05) is 6.07 Å². The molecule has 6 nitrogen and oxygen atoms in total. The SMILES string of the molecule is OC1CN(c2cc(N3CCOCC3)ncn2)CC12CC2. The summed E-state index contributed by atoms with van der Waals surface area (Å²) in [4.78, 5) is 13.2. The van der Waals surface area contributed by atoms with Crippen molar-refractivity contribution in [2.45, 2.75) is 18.9 Å². The molecule has 2 aliphatic heterocycles. The van der Waals surface area contributed by atoms with Crippen LogP contribution >= 0.6 is 0 Å². The first-order valence-electron chi connectivity index (χ1n) is 7.35. The number of anilines is 2. The summed E-state index contributed by atoms with van der Waals surface area (Å²) in [6.07, 6.45) is 3.71. The van der Waals surface area contributed by atoms with Gasteiger partial charge in [0.05, 0.1) is 19.3 Å². The van der Waals surface area contributed by atoms with Crippen LogP contribution in [0.5, 0.6) is 0 Å².